The van der Waals surface area contributed by atoms with E-state index in [0.717, 1.165) is 0 Å². The highest BCUT2D eigenvalue weighted by Crippen LogP contribution is 2.13. The van der Waals surface area contributed by atoms with Crippen molar-refractivity contribution in [1.29, 1.82) is 0 Å². The highest BCUT2D eigenvalue weighted by Gasteiger charge is 2.32. The number of hydrogen-bond acceptors (Lipinski definition) is 3. The number of carbonyl (C=O) groups excluding carboxylic acids is 2. The number of Topliss-reactive ketones (excluding diaryl/α,β-unsaturated/α-hetero) is 1. The molecule has 0 aromatic heterocycles. The molecule has 82 valence electrons. The first-order chi connectivity index (χ1) is 6.37. The Morgan fingerprint density at radius 2 is 2.00 bits per heavy atom. The molecule has 0 aromatic rings. The van der Waals surface area contributed by atoms with Crippen LogP contribution in [0.15, 0.2) is 0 Å². The Balaban J connectivity index is 4.40. The Morgan fingerprint density at radius 1 is 1.50 bits per heavy atom. The van der Waals surface area contributed by atoms with Crippen molar-refractivity contribution in [1.82, 2.24) is 5.32 Å². The summed E-state index contributed by atoms with van der Waals surface area (Å²) in [5, 5.41) is 2.61. The fraction of sp³-hybridized carbons (Fsp3) is 0.800. The molecule has 2 unspecified atom stereocenters. The second kappa shape index (κ2) is 5.10. The van der Waals surface area contributed by atoms with Gasteiger partial charge in [0.15, 0.2) is 5.78 Å². The van der Waals surface area contributed by atoms with Gasteiger partial charge in [0.2, 0.25) is 0 Å². The van der Waals surface area contributed by atoms with Crippen molar-refractivity contribution in [2.45, 2.75) is 45.8 Å². The first-order valence-corrected chi connectivity index (χ1v) is 4.74. The third kappa shape index (κ3) is 3.10. The van der Waals surface area contributed by atoms with E-state index in [0.29, 0.717) is 6.42 Å². The van der Waals surface area contributed by atoms with Crippen LogP contribution in [-0.4, -0.2) is 30.4 Å². The first kappa shape index (κ1) is 13.1. The maximum absolute atomic E-state index is 11.7. The minimum atomic E-state index is -0.844. The van der Waals surface area contributed by atoms with Crippen molar-refractivity contribution in [2.24, 2.45) is 0 Å². The summed E-state index contributed by atoms with van der Waals surface area (Å²) in [6.07, 6.45) is 0.569. The van der Waals surface area contributed by atoms with Gasteiger partial charge in [-0.1, -0.05) is 6.92 Å². The lowest BCUT2D eigenvalue weighted by Gasteiger charge is -2.26. The van der Waals surface area contributed by atoms with E-state index < -0.39 is 11.6 Å². The number of ether oxygens (including phenoxy) is 1. The molecule has 0 aliphatic rings. The van der Waals surface area contributed by atoms with E-state index in [1.54, 1.807) is 13.8 Å². The minimum absolute atomic E-state index is 0.0621. The normalized spacial score (nSPS) is 16.9. The van der Waals surface area contributed by atoms with Crippen LogP contribution in [0.3, 0.4) is 0 Å². The van der Waals surface area contributed by atoms with Crippen LogP contribution in [0.5, 0.6) is 0 Å². The van der Waals surface area contributed by atoms with Crippen LogP contribution in [-0.2, 0) is 14.3 Å². The van der Waals surface area contributed by atoms with Gasteiger partial charge in [0, 0.05) is 7.11 Å². The predicted octanol–water partition coefficient (Wildman–Crippen LogP) is 0.895. The maximum atomic E-state index is 11.7. The van der Waals surface area contributed by atoms with E-state index in [2.05, 4.69) is 5.32 Å². The van der Waals surface area contributed by atoms with Gasteiger partial charge >= 0.3 is 0 Å². The molecule has 14 heavy (non-hydrogen) atoms. The first-order valence-electron chi connectivity index (χ1n) is 4.74. The molecule has 0 spiro atoms. The molecule has 4 heteroatoms. The van der Waals surface area contributed by atoms with E-state index in [4.69, 9.17) is 4.74 Å². The summed E-state index contributed by atoms with van der Waals surface area (Å²) < 4.78 is 5.11. The van der Waals surface area contributed by atoms with Crippen molar-refractivity contribution in [3.63, 3.8) is 0 Å². The number of rotatable bonds is 5. The summed E-state index contributed by atoms with van der Waals surface area (Å²) >= 11 is 0. The van der Waals surface area contributed by atoms with E-state index in [9.17, 15) is 9.59 Å². The zero-order valence-corrected chi connectivity index (χ0v) is 9.51. The van der Waals surface area contributed by atoms with Crippen LogP contribution in [0.2, 0.25) is 0 Å². The van der Waals surface area contributed by atoms with Crippen LogP contribution < -0.4 is 5.32 Å². The molecule has 2 atom stereocenters. The monoisotopic (exact) mass is 201 g/mol. The zero-order chi connectivity index (χ0) is 11.4. The molecule has 0 aliphatic heterocycles. The summed E-state index contributed by atoms with van der Waals surface area (Å²) in [7, 11) is 1.49. The lowest BCUT2D eigenvalue weighted by Crippen LogP contribution is -2.50. The zero-order valence-electron chi connectivity index (χ0n) is 9.51. The van der Waals surface area contributed by atoms with Gasteiger partial charge in [0.05, 0.1) is 6.04 Å². The Morgan fingerprint density at radius 3 is 2.29 bits per heavy atom. The van der Waals surface area contributed by atoms with Gasteiger partial charge in [-0.3, -0.25) is 9.59 Å². The Hall–Kier alpha value is -0.900. The third-order valence-electron chi connectivity index (χ3n) is 2.56. The summed E-state index contributed by atoms with van der Waals surface area (Å²) in [5.41, 5.74) is -0.844. The van der Waals surface area contributed by atoms with Crippen molar-refractivity contribution >= 4 is 11.7 Å². The average molecular weight is 201 g/mol. The Labute approximate surface area is 85.0 Å². The lowest BCUT2D eigenvalue weighted by molar-refractivity contribution is -0.143. The molecule has 0 aliphatic carbocycles. The Kier molecular flexibility index (Phi) is 4.77. The molecule has 0 radical (unpaired) electrons. The van der Waals surface area contributed by atoms with E-state index >= 15 is 0 Å². The highest BCUT2D eigenvalue weighted by molar-refractivity contribution is 5.90. The van der Waals surface area contributed by atoms with Crippen LogP contribution in [0.1, 0.15) is 34.1 Å². The van der Waals surface area contributed by atoms with E-state index in [1.807, 2.05) is 6.92 Å². The number of amides is 1. The van der Waals surface area contributed by atoms with Crippen LogP contribution >= 0.6 is 0 Å². The van der Waals surface area contributed by atoms with E-state index in [-0.39, 0.29) is 11.7 Å². The molecule has 0 rings (SSSR count). The Bertz CT molecular complexity index is 221. The van der Waals surface area contributed by atoms with Gasteiger partial charge in [-0.2, -0.15) is 0 Å². The quantitative estimate of drug-likeness (QED) is 0.719. The van der Waals surface area contributed by atoms with Gasteiger partial charge in [-0.25, -0.2) is 0 Å². The van der Waals surface area contributed by atoms with Crippen LogP contribution in [0, 0.1) is 0 Å². The molecule has 4 nitrogen and oxygen atoms in total. The number of ketones is 1. The fourth-order valence-corrected chi connectivity index (χ4v) is 0.849. The molecule has 0 bridgehead atoms. The summed E-state index contributed by atoms with van der Waals surface area (Å²) in [5.74, 6) is -0.307. The van der Waals surface area contributed by atoms with Gasteiger partial charge < -0.3 is 10.1 Å². The number of methoxy groups -OCH3 is 1. The maximum Gasteiger partial charge on any atom is 0.252 e. The molecular weight excluding hydrogens is 182 g/mol. The standard InChI is InChI=1S/C10H19NO3/c1-6-10(4,14-5)9(13)11-7(2)8(3)12/h7H,6H2,1-5H3,(H,11,13). The molecule has 0 aromatic carbocycles. The number of carbonyl (C=O) groups is 2. The predicted molar refractivity (Wildman–Crippen MR) is 54.0 cm³/mol. The van der Waals surface area contributed by atoms with Crippen molar-refractivity contribution in [2.75, 3.05) is 7.11 Å². The molecule has 0 saturated heterocycles. The number of hydrogen-bond donors (Lipinski definition) is 1. The van der Waals surface area contributed by atoms with Crippen LogP contribution in [0.4, 0.5) is 0 Å². The molecule has 0 heterocycles. The van der Waals surface area contributed by atoms with Gasteiger partial charge in [-0.15, -0.1) is 0 Å². The molecule has 1 amide bonds. The highest BCUT2D eigenvalue weighted by atomic mass is 16.5. The van der Waals surface area contributed by atoms with Crippen molar-refractivity contribution in [3.05, 3.63) is 0 Å². The average Bonchev–Trinajstić information content (AvgIpc) is 2.16. The van der Waals surface area contributed by atoms with Crippen molar-refractivity contribution in [3.8, 4) is 0 Å². The van der Waals surface area contributed by atoms with E-state index in [1.165, 1.54) is 14.0 Å². The summed E-state index contributed by atoms with van der Waals surface area (Å²) in [6.45, 7) is 6.67. The van der Waals surface area contributed by atoms with Crippen LogP contribution in [0.25, 0.3) is 0 Å². The molecular formula is C10H19NO3. The van der Waals surface area contributed by atoms with Gasteiger partial charge in [-0.05, 0) is 27.2 Å². The van der Waals surface area contributed by atoms with Gasteiger partial charge in [0.25, 0.3) is 5.91 Å². The largest absolute Gasteiger partial charge is 0.369 e. The molecule has 1 N–H and O–H groups in total. The number of nitrogens with one attached hydrogen (secondary N) is 1. The topological polar surface area (TPSA) is 55.4 Å². The SMILES string of the molecule is CCC(C)(OC)C(=O)NC(C)C(C)=O. The minimum Gasteiger partial charge on any atom is -0.369 e. The summed E-state index contributed by atoms with van der Waals surface area (Å²) in [4.78, 5) is 22.6. The molecule has 0 saturated carbocycles. The third-order valence-corrected chi connectivity index (χ3v) is 2.56. The molecule has 0 fully saturated rings. The summed E-state index contributed by atoms with van der Waals surface area (Å²) in [6, 6.07) is -0.455. The smallest absolute Gasteiger partial charge is 0.252 e. The fourth-order valence-electron chi connectivity index (χ4n) is 0.849. The second-order valence-electron chi connectivity index (χ2n) is 3.59. The second-order valence-corrected chi connectivity index (χ2v) is 3.59. The van der Waals surface area contributed by atoms with Gasteiger partial charge in [0.1, 0.15) is 5.60 Å². The lowest BCUT2D eigenvalue weighted by atomic mass is 10.0. The van der Waals surface area contributed by atoms with Crippen molar-refractivity contribution < 1.29 is 14.3 Å².